The third-order valence-electron chi connectivity index (χ3n) is 6.12. The predicted octanol–water partition coefficient (Wildman–Crippen LogP) is 4.68. The molecule has 4 heteroatoms. The number of carbonyl (C=O) groups is 2. The van der Waals surface area contributed by atoms with Crippen molar-refractivity contribution in [2.24, 2.45) is 5.41 Å². The third-order valence-corrected chi connectivity index (χ3v) is 6.12. The Labute approximate surface area is 155 Å². The average Bonchev–Trinajstić information content (AvgIpc) is 3.54. The highest BCUT2D eigenvalue weighted by Crippen LogP contribution is 2.50. The molecule has 2 aliphatic rings. The van der Waals surface area contributed by atoms with E-state index in [1.807, 2.05) is 0 Å². The Kier molecular flexibility index (Phi) is 6.00. The minimum atomic E-state index is -0.606. The Bertz CT molecular complexity index is 629. The van der Waals surface area contributed by atoms with Crippen LogP contribution in [0.15, 0.2) is 24.3 Å². The van der Waals surface area contributed by atoms with E-state index < -0.39 is 5.97 Å². The molecule has 0 atom stereocenters. The number of unbranched alkanes of at least 4 members (excludes halogenated alkanes) is 2. The maximum absolute atomic E-state index is 11.2. The Hall–Kier alpha value is -1.84. The number of aliphatic carboxylic acids is 1. The summed E-state index contributed by atoms with van der Waals surface area (Å²) < 4.78 is 5.19. The van der Waals surface area contributed by atoms with E-state index in [4.69, 9.17) is 4.74 Å². The molecule has 0 aliphatic heterocycles. The lowest BCUT2D eigenvalue weighted by molar-refractivity contribution is -0.143. The molecule has 2 saturated carbocycles. The lowest BCUT2D eigenvalue weighted by atomic mass is 9.96. The van der Waals surface area contributed by atoms with Gasteiger partial charge in [-0.25, -0.2) is 0 Å². The second kappa shape index (κ2) is 8.24. The highest BCUT2D eigenvalue weighted by Gasteiger charge is 2.49. The zero-order valence-corrected chi connectivity index (χ0v) is 15.5. The van der Waals surface area contributed by atoms with Crippen molar-refractivity contribution < 1.29 is 19.4 Å². The van der Waals surface area contributed by atoms with Gasteiger partial charge < -0.3 is 9.84 Å². The third kappa shape index (κ3) is 5.09. The second-order valence-corrected chi connectivity index (χ2v) is 8.22. The fourth-order valence-electron chi connectivity index (χ4n) is 3.90. The first-order valence-electron chi connectivity index (χ1n) is 10.0. The summed E-state index contributed by atoms with van der Waals surface area (Å²) in [6, 6.07) is 8.77. The van der Waals surface area contributed by atoms with Crippen molar-refractivity contribution in [1.82, 2.24) is 0 Å². The van der Waals surface area contributed by atoms with Gasteiger partial charge in [-0.3, -0.25) is 9.59 Å². The molecule has 2 aliphatic carbocycles. The standard InChI is InChI=1S/C22H30O4/c23-17-26-22(14-15-22)11-4-2-7-19-9-5-8-18(16-19)6-1-3-10-21(12-13-21)20(24)25/h5,8-9,16-17H,1-4,6-7,10-15H2,(H,24,25). The number of hydrogen-bond donors (Lipinski definition) is 1. The topological polar surface area (TPSA) is 63.6 Å². The van der Waals surface area contributed by atoms with Crippen LogP contribution in [0.25, 0.3) is 0 Å². The Balaban J connectivity index is 1.34. The average molecular weight is 358 g/mol. The molecule has 142 valence electrons. The molecule has 0 heterocycles. The lowest BCUT2D eigenvalue weighted by Crippen LogP contribution is -2.14. The molecule has 0 bridgehead atoms. The number of carboxylic acids is 1. The molecule has 0 saturated heterocycles. The van der Waals surface area contributed by atoms with Crippen LogP contribution in [0.1, 0.15) is 75.3 Å². The van der Waals surface area contributed by atoms with E-state index in [-0.39, 0.29) is 11.0 Å². The van der Waals surface area contributed by atoms with Crippen LogP contribution >= 0.6 is 0 Å². The van der Waals surface area contributed by atoms with E-state index in [0.717, 1.165) is 77.0 Å². The van der Waals surface area contributed by atoms with Gasteiger partial charge in [0.25, 0.3) is 6.47 Å². The molecular formula is C22H30O4. The number of aryl methyl sites for hydroxylation is 2. The van der Waals surface area contributed by atoms with Crippen LogP contribution in [0.2, 0.25) is 0 Å². The fourth-order valence-corrected chi connectivity index (χ4v) is 3.90. The van der Waals surface area contributed by atoms with Gasteiger partial charge in [0.05, 0.1) is 5.41 Å². The van der Waals surface area contributed by atoms with E-state index in [2.05, 4.69) is 24.3 Å². The van der Waals surface area contributed by atoms with Gasteiger partial charge in [-0.05, 0) is 81.8 Å². The number of ether oxygens (including phenoxy) is 1. The first kappa shape index (κ1) is 18.9. The first-order valence-corrected chi connectivity index (χ1v) is 10.0. The molecule has 1 aromatic rings. The maximum atomic E-state index is 11.2. The minimum absolute atomic E-state index is 0.127. The van der Waals surface area contributed by atoms with Gasteiger partial charge in [-0.1, -0.05) is 30.7 Å². The van der Waals surface area contributed by atoms with E-state index >= 15 is 0 Å². The minimum Gasteiger partial charge on any atom is -0.481 e. The van der Waals surface area contributed by atoms with Crippen LogP contribution in [0.3, 0.4) is 0 Å². The summed E-state index contributed by atoms with van der Waals surface area (Å²) in [7, 11) is 0. The van der Waals surface area contributed by atoms with E-state index in [9.17, 15) is 14.7 Å². The van der Waals surface area contributed by atoms with Crippen LogP contribution in [-0.2, 0) is 27.2 Å². The SMILES string of the molecule is O=COC1(CCCCc2cccc(CCCCC3(C(=O)O)CC3)c2)CC1. The number of rotatable bonds is 13. The Morgan fingerprint density at radius 2 is 1.62 bits per heavy atom. The second-order valence-electron chi connectivity index (χ2n) is 8.22. The molecular weight excluding hydrogens is 328 g/mol. The molecule has 0 spiro atoms. The van der Waals surface area contributed by atoms with Gasteiger partial charge in [0.2, 0.25) is 0 Å². The summed E-state index contributed by atoms with van der Waals surface area (Å²) in [5.41, 5.74) is 2.21. The number of benzene rings is 1. The van der Waals surface area contributed by atoms with Gasteiger partial charge in [-0.2, -0.15) is 0 Å². The van der Waals surface area contributed by atoms with Crippen molar-refractivity contribution in [1.29, 1.82) is 0 Å². The van der Waals surface area contributed by atoms with Crippen LogP contribution < -0.4 is 0 Å². The smallest absolute Gasteiger partial charge is 0.309 e. The summed E-state index contributed by atoms with van der Waals surface area (Å²) in [6.07, 6.45) is 11.9. The first-order chi connectivity index (χ1) is 12.6. The molecule has 0 unspecified atom stereocenters. The lowest BCUT2D eigenvalue weighted by Gasteiger charge is -2.12. The zero-order valence-electron chi connectivity index (χ0n) is 15.5. The van der Waals surface area contributed by atoms with Crippen LogP contribution in [0.4, 0.5) is 0 Å². The van der Waals surface area contributed by atoms with Gasteiger partial charge in [0.15, 0.2) is 0 Å². The summed E-state index contributed by atoms with van der Waals surface area (Å²) >= 11 is 0. The van der Waals surface area contributed by atoms with Crippen LogP contribution in [0, 0.1) is 5.41 Å². The van der Waals surface area contributed by atoms with E-state index in [1.54, 1.807) is 0 Å². The molecule has 1 N–H and O–H groups in total. The highest BCUT2D eigenvalue weighted by atomic mass is 16.5. The van der Waals surface area contributed by atoms with Gasteiger partial charge in [0, 0.05) is 0 Å². The van der Waals surface area contributed by atoms with E-state index in [0.29, 0.717) is 6.47 Å². The summed E-state index contributed by atoms with van der Waals surface area (Å²) in [4.78, 5) is 21.7. The molecule has 3 rings (SSSR count). The van der Waals surface area contributed by atoms with Crippen molar-refractivity contribution in [3.63, 3.8) is 0 Å². The molecule has 0 radical (unpaired) electrons. The molecule has 26 heavy (non-hydrogen) atoms. The molecule has 0 amide bonds. The van der Waals surface area contributed by atoms with Crippen molar-refractivity contribution in [3.8, 4) is 0 Å². The Morgan fingerprint density at radius 3 is 2.12 bits per heavy atom. The quantitative estimate of drug-likeness (QED) is 0.411. The maximum Gasteiger partial charge on any atom is 0.309 e. The van der Waals surface area contributed by atoms with Crippen LogP contribution in [-0.4, -0.2) is 23.1 Å². The van der Waals surface area contributed by atoms with Crippen molar-refractivity contribution in [2.45, 2.75) is 82.7 Å². The van der Waals surface area contributed by atoms with Crippen molar-refractivity contribution >= 4 is 12.4 Å². The normalized spacial score (nSPS) is 18.9. The van der Waals surface area contributed by atoms with Crippen molar-refractivity contribution in [2.75, 3.05) is 0 Å². The Morgan fingerprint density at radius 1 is 1.00 bits per heavy atom. The summed E-state index contributed by atoms with van der Waals surface area (Å²) in [5.74, 6) is -0.606. The summed E-state index contributed by atoms with van der Waals surface area (Å²) in [6.45, 7) is 0.595. The monoisotopic (exact) mass is 358 g/mol. The highest BCUT2D eigenvalue weighted by molar-refractivity contribution is 5.77. The van der Waals surface area contributed by atoms with Gasteiger partial charge in [0.1, 0.15) is 5.60 Å². The largest absolute Gasteiger partial charge is 0.481 e. The fraction of sp³-hybridized carbons (Fsp3) is 0.636. The van der Waals surface area contributed by atoms with Crippen LogP contribution in [0.5, 0.6) is 0 Å². The molecule has 4 nitrogen and oxygen atoms in total. The molecule has 1 aromatic carbocycles. The zero-order chi connectivity index (χ0) is 18.5. The number of carbonyl (C=O) groups excluding carboxylic acids is 1. The predicted molar refractivity (Wildman–Crippen MR) is 100.0 cm³/mol. The molecule has 0 aromatic heterocycles. The van der Waals surface area contributed by atoms with E-state index in [1.165, 1.54) is 11.1 Å². The van der Waals surface area contributed by atoms with Gasteiger partial charge in [-0.15, -0.1) is 0 Å². The van der Waals surface area contributed by atoms with Crippen molar-refractivity contribution in [3.05, 3.63) is 35.4 Å². The molecule has 2 fully saturated rings. The number of hydrogen-bond acceptors (Lipinski definition) is 3. The van der Waals surface area contributed by atoms with Gasteiger partial charge >= 0.3 is 5.97 Å². The number of carboxylic acid groups (broad SMARTS) is 1. The summed E-state index contributed by atoms with van der Waals surface area (Å²) in [5, 5.41) is 9.22.